The number of hydrogen-bond donors (Lipinski definition) is 2. The molecule has 0 spiro atoms. The van der Waals surface area contributed by atoms with E-state index in [4.69, 9.17) is 16.7 Å². The van der Waals surface area contributed by atoms with Gasteiger partial charge in [0.15, 0.2) is 0 Å². The molecule has 172 valence electrons. The Labute approximate surface area is 204 Å². The highest BCUT2D eigenvalue weighted by atomic mass is 35.5. The molecule has 3 aromatic carbocycles. The molecule has 1 aliphatic carbocycles. The lowest BCUT2D eigenvalue weighted by Gasteiger charge is -2.21. The van der Waals surface area contributed by atoms with E-state index >= 15 is 0 Å². The normalized spacial score (nSPS) is 13.3. The zero-order chi connectivity index (χ0) is 23.3. The summed E-state index contributed by atoms with van der Waals surface area (Å²) in [6.07, 6.45) is 4.26. The Hall–Kier alpha value is -3.57. The Kier molecular flexibility index (Phi) is 6.63. The monoisotopic (exact) mass is 470 g/mol. The van der Waals surface area contributed by atoms with Crippen LogP contribution < -0.4 is 10.6 Å². The van der Waals surface area contributed by atoms with Crippen molar-refractivity contribution in [1.82, 2.24) is 15.1 Å². The summed E-state index contributed by atoms with van der Waals surface area (Å²) in [4.78, 5) is 13.3. The van der Waals surface area contributed by atoms with Crippen molar-refractivity contribution in [3.8, 4) is 5.69 Å². The van der Waals surface area contributed by atoms with E-state index in [1.54, 1.807) is 0 Å². The molecule has 0 radical (unpaired) electrons. The number of urea groups is 1. The van der Waals surface area contributed by atoms with Crippen molar-refractivity contribution in [1.29, 1.82) is 0 Å². The summed E-state index contributed by atoms with van der Waals surface area (Å²) in [6.45, 7) is 0. The van der Waals surface area contributed by atoms with Crippen molar-refractivity contribution in [3.63, 3.8) is 0 Å². The number of para-hydroxylation sites is 1. The van der Waals surface area contributed by atoms with E-state index < -0.39 is 0 Å². The van der Waals surface area contributed by atoms with Gasteiger partial charge in [-0.05, 0) is 61.4 Å². The van der Waals surface area contributed by atoms with Gasteiger partial charge in [-0.25, -0.2) is 9.48 Å². The predicted molar refractivity (Wildman–Crippen MR) is 137 cm³/mol. The molecule has 5 nitrogen and oxygen atoms in total. The number of halogens is 1. The number of amides is 2. The van der Waals surface area contributed by atoms with Crippen LogP contribution in [0.15, 0.2) is 84.9 Å². The molecule has 6 heteroatoms. The van der Waals surface area contributed by atoms with Gasteiger partial charge in [0.2, 0.25) is 0 Å². The molecule has 2 N–H and O–H groups in total. The Bertz CT molecular complexity index is 1270. The van der Waals surface area contributed by atoms with Crippen LogP contribution in [0.4, 0.5) is 10.6 Å². The molecular weight excluding hydrogens is 444 g/mol. The molecule has 0 bridgehead atoms. The number of carbonyl (C=O) groups is 1. The standard InChI is InChI=1S/C28H27ClN4O/c29-25-16-8-7-12-21(25)19-22(18-20-10-3-1-4-11-20)30-28(34)31-27-24-15-9-17-26(24)32-33(27)23-13-5-2-6-14-23/h1-8,10-14,16,22H,9,15,17-19H2,(H2,30,31,34). The van der Waals surface area contributed by atoms with Crippen molar-refractivity contribution in [2.75, 3.05) is 5.32 Å². The first-order valence-corrected chi connectivity index (χ1v) is 12.1. The van der Waals surface area contributed by atoms with Crippen LogP contribution in [0.5, 0.6) is 0 Å². The second kappa shape index (κ2) is 10.1. The lowest BCUT2D eigenvalue weighted by atomic mass is 9.99. The summed E-state index contributed by atoms with van der Waals surface area (Å²) < 4.78 is 1.85. The highest BCUT2D eigenvalue weighted by Crippen LogP contribution is 2.31. The van der Waals surface area contributed by atoms with Crippen molar-refractivity contribution in [2.45, 2.75) is 38.1 Å². The van der Waals surface area contributed by atoms with Crippen LogP contribution in [0, 0.1) is 0 Å². The molecule has 34 heavy (non-hydrogen) atoms. The molecule has 4 aromatic rings. The van der Waals surface area contributed by atoms with Crippen LogP contribution in [0.25, 0.3) is 5.69 Å². The average molecular weight is 471 g/mol. The third-order valence-electron chi connectivity index (χ3n) is 6.22. The first-order valence-electron chi connectivity index (χ1n) is 11.7. The number of aryl methyl sites for hydroxylation is 1. The summed E-state index contributed by atoms with van der Waals surface area (Å²) in [6, 6.07) is 27.6. The van der Waals surface area contributed by atoms with Gasteiger partial charge in [-0.15, -0.1) is 0 Å². The number of aromatic nitrogens is 2. The molecule has 1 unspecified atom stereocenters. The molecule has 1 atom stereocenters. The van der Waals surface area contributed by atoms with Crippen LogP contribution >= 0.6 is 11.6 Å². The summed E-state index contributed by atoms with van der Waals surface area (Å²) in [5, 5.41) is 11.8. The lowest BCUT2D eigenvalue weighted by Crippen LogP contribution is -2.41. The maximum absolute atomic E-state index is 13.3. The fourth-order valence-corrected chi connectivity index (χ4v) is 4.82. The summed E-state index contributed by atoms with van der Waals surface area (Å²) in [5.41, 5.74) is 5.31. The predicted octanol–water partition coefficient (Wildman–Crippen LogP) is 5.99. The number of carbonyl (C=O) groups excluding carboxylic acids is 1. The lowest BCUT2D eigenvalue weighted by molar-refractivity contribution is 0.248. The van der Waals surface area contributed by atoms with Crippen molar-refractivity contribution in [3.05, 3.63) is 112 Å². The maximum Gasteiger partial charge on any atom is 0.320 e. The second-order valence-corrected chi connectivity index (χ2v) is 9.06. The molecule has 1 aliphatic rings. The second-order valence-electron chi connectivity index (χ2n) is 8.66. The number of nitrogens with one attached hydrogen (secondary N) is 2. The van der Waals surface area contributed by atoms with Crippen LogP contribution in [0.2, 0.25) is 5.02 Å². The largest absolute Gasteiger partial charge is 0.334 e. The molecular formula is C28H27ClN4O. The number of benzene rings is 3. The van der Waals surface area contributed by atoms with Gasteiger partial charge in [0, 0.05) is 16.6 Å². The van der Waals surface area contributed by atoms with Gasteiger partial charge in [0.1, 0.15) is 5.82 Å². The van der Waals surface area contributed by atoms with Gasteiger partial charge in [0.05, 0.1) is 11.4 Å². The van der Waals surface area contributed by atoms with Crippen molar-refractivity contribution in [2.24, 2.45) is 0 Å². The summed E-state index contributed by atoms with van der Waals surface area (Å²) in [5.74, 6) is 0.757. The van der Waals surface area contributed by atoms with Gasteiger partial charge in [0.25, 0.3) is 0 Å². The smallest absolute Gasteiger partial charge is 0.320 e. The molecule has 2 amide bonds. The Balaban J connectivity index is 1.38. The Morgan fingerprint density at radius 3 is 2.38 bits per heavy atom. The quantitative estimate of drug-likeness (QED) is 0.348. The third-order valence-corrected chi connectivity index (χ3v) is 6.59. The van der Waals surface area contributed by atoms with Crippen LogP contribution in [-0.4, -0.2) is 21.9 Å². The number of nitrogens with zero attached hydrogens (tertiary/aromatic N) is 2. The minimum Gasteiger partial charge on any atom is -0.334 e. The Morgan fingerprint density at radius 2 is 1.62 bits per heavy atom. The number of hydrogen-bond acceptors (Lipinski definition) is 2. The van der Waals surface area contributed by atoms with Crippen LogP contribution in [0.1, 0.15) is 28.8 Å². The molecule has 0 fully saturated rings. The molecule has 1 aromatic heterocycles. The molecule has 1 heterocycles. The highest BCUT2D eigenvalue weighted by Gasteiger charge is 2.25. The minimum atomic E-state index is -0.236. The van der Waals surface area contributed by atoms with E-state index in [1.165, 1.54) is 0 Å². The zero-order valence-electron chi connectivity index (χ0n) is 18.9. The van der Waals surface area contributed by atoms with Gasteiger partial charge in [-0.2, -0.15) is 5.10 Å². The summed E-state index contributed by atoms with van der Waals surface area (Å²) >= 11 is 6.44. The van der Waals surface area contributed by atoms with E-state index in [0.29, 0.717) is 17.9 Å². The van der Waals surface area contributed by atoms with E-state index in [-0.39, 0.29) is 12.1 Å². The summed E-state index contributed by atoms with van der Waals surface area (Å²) in [7, 11) is 0. The SMILES string of the molecule is O=C(Nc1c2c(nn1-c1ccccc1)CCC2)NC(Cc1ccccc1)Cc1ccccc1Cl. The van der Waals surface area contributed by atoms with Crippen molar-refractivity contribution < 1.29 is 4.79 Å². The minimum absolute atomic E-state index is 0.122. The van der Waals surface area contributed by atoms with Gasteiger partial charge >= 0.3 is 6.03 Å². The average Bonchev–Trinajstić information content (AvgIpc) is 3.44. The van der Waals surface area contributed by atoms with Crippen LogP contribution in [-0.2, 0) is 25.7 Å². The topological polar surface area (TPSA) is 59.0 Å². The van der Waals surface area contributed by atoms with E-state index in [1.807, 2.05) is 77.5 Å². The molecule has 0 aliphatic heterocycles. The first kappa shape index (κ1) is 22.2. The zero-order valence-corrected chi connectivity index (χ0v) is 19.6. The third kappa shape index (κ3) is 5.00. The Morgan fingerprint density at radius 1 is 0.912 bits per heavy atom. The van der Waals surface area contributed by atoms with E-state index in [9.17, 15) is 4.79 Å². The van der Waals surface area contributed by atoms with E-state index in [2.05, 4.69) is 22.8 Å². The fourth-order valence-electron chi connectivity index (χ4n) is 4.61. The molecule has 0 saturated carbocycles. The highest BCUT2D eigenvalue weighted by molar-refractivity contribution is 6.31. The molecule has 0 saturated heterocycles. The number of anilines is 1. The van der Waals surface area contributed by atoms with Gasteiger partial charge in [-0.1, -0.05) is 78.3 Å². The fraction of sp³-hybridized carbons (Fsp3) is 0.214. The van der Waals surface area contributed by atoms with Crippen molar-refractivity contribution >= 4 is 23.4 Å². The molecule has 5 rings (SSSR count). The first-order chi connectivity index (χ1) is 16.7. The van der Waals surface area contributed by atoms with Crippen LogP contribution in [0.3, 0.4) is 0 Å². The number of fused-ring (bicyclic) bond motifs is 1. The van der Waals surface area contributed by atoms with Gasteiger partial charge < -0.3 is 5.32 Å². The maximum atomic E-state index is 13.3. The van der Waals surface area contributed by atoms with E-state index in [0.717, 1.165) is 53.2 Å². The number of rotatable bonds is 7. The van der Waals surface area contributed by atoms with Gasteiger partial charge in [-0.3, -0.25) is 5.32 Å².